The molecule has 3 heterocycles. The summed E-state index contributed by atoms with van der Waals surface area (Å²) in [4.78, 5) is 38.5. The standard InChI is InChI=1S/C19H21N5O4S3/c1-11-22-23-18(31-11)30-10-19(16(26)27)8-24-14(25)13(15(24)29-9-19)21-17(28)20-7-12-5-3-2-4-6-12/h2-6,13,15H,7-10H2,1H3,(H,26,27)(H2,20,21,28)/t13?,15-,19?/m1/s1. The van der Waals surface area contributed by atoms with E-state index in [9.17, 15) is 19.5 Å². The number of nitrogens with one attached hydrogen (secondary N) is 2. The number of aryl methyl sites for hydroxylation is 1. The zero-order valence-corrected chi connectivity index (χ0v) is 19.1. The second-order valence-electron chi connectivity index (χ2n) is 7.42. The molecule has 2 fully saturated rings. The lowest BCUT2D eigenvalue weighted by Gasteiger charge is -2.53. The molecule has 9 nitrogen and oxygen atoms in total. The van der Waals surface area contributed by atoms with Crippen molar-refractivity contribution in [3.05, 3.63) is 40.9 Å². The fourth-order valence-corrected chi connectivity index (χ4v) is 7.09. The van der Waals surface area contributed by atoms with Gasteiger partial charge >= 0.3 is 12.0 Å². The minimum atomic E-state index is -1.07. The number of carbonyl (C=O) groups excluding carboxylic acids is 2. The van der Waals surface area contributed by atoms with Gasteiger partial charge in [0, 0.05) is 24.6 Å². The summed E-state index contributed by atoms with van der Waals surface area (Å²) < 4.78 is 0.717. The third-order valence-corrected chi connectivity index (χ3v) is 9.01. The predicted octanol–water partition coefficient (Wildman–Crippen LogP) is 1.79. The molecule has 2 aliphatic rings. The predicted molar refractivity (Wildman–Crippen MR) is 119 cm³/mol. The number of β-lactam (4-membered cyclic amide) rings is 1. The molecule has 2 aromatic rings. The molecule has 4 rings (SSSR count). The number of hydrogen-bond acceptors (Lipinski definition) is 8. The summed E-state index contributed by atoms with van der Waals surface area (Å²) in [5, 5.41) is 23.9. The highest BCUT2D eigenvalue weighted by molar-refractivity contribution is 8.01. The fourth-order valence-electron chi connectivity index (χ4n) is 3.41. The van der Waals surface area contributed by atoms with Crippen molar-refractivity contribution in [1.29, 1.82) is 0 Å². The first-order chi connectivity index (χ1) is 14.9. The van der Waals surface area contributed by atoms with Crippen LogP contribution in [-0.2, 0) is 16.1 Å². The van der Waals surface area contributed by atoms with Crippen molar-refractivity contribution in [2.24, 2.45) is 5.41 Å². The maximum absolute atomic E-state index is 12.6. The SMILES string of the molecule is Cc1nnc(SCC2(C(=O)O)CS[C@@H]3C(NC(=O)NCc4ccccc4)C(=O)N3C2)s1. The molecule has 3 N–H and O–H groups in total. The van der Waals surface area contributed by atoms with E-state index in [0.29, 0.717) is 18.1 Å². The summed E-state index contributed by atoms with van der Waals surface area (Å²) >= 11 is 4.16. The van der Waals surface area contributed by atoms with E-state index in [1.165, 1.54) is 34.9 Å². The first-order valence-corrected chi connectivity index (χ1v) is 12.4. The van der Waals surface area contributed by atoms with Crippen LogP contribution in [0.25, 0.3) is 0 Å². The van der Waals surface area contributed by atoms with Gasteiger partial charge in [-0.1, -0.05) is 53.4 Å². The van der Waals surface area contributed by atoms with E-state index in [1.807, 2.05) is 37.3 Å². The number of thioether (sulfide) groups is 2. The third kappa shape index (κ3) is 4.65. The number of carboxylic acids is 1. The molecule has 2 saturated heterocycles. The van der Waals surface area contributed by atoms with E-state index in [-0.39, 0.29) is 17.8 Å². The quantitative estimate of drug-likeness (QED) is 0.406. The van der Waals surface area contributed by atoms with Gasteiger partial charge in [0.05, 0.1) is 0 Å². The van der Waals surface area contributed by atoms with Gasteiger partial charge in [-0.15, -0.1) is 22.0 Å². The van der Waals surface area contributed by atoms with Crippen LogP contribution in [0, 0.1) is 12.3 Å². The Morgan fingerprint density at radius 3 is 2.77 bits per heavy atom. The first-order valence-electron chi connectivity index (χ1n) is 9.55. The molecular formula is C19H21N5O4S3. The average Bonchev–Trinajstić information content (AvgIpc) is 3.20. The molecule has 3 atom stereocenters. The maximum atomic E-state index is 12.6. The van der Waals surface area contributed by atoms with Crippen molar-refractivity contribution in [2.75, 3.05) is 18.1 Å². The molecule has 12 heteroatoms. The van der Waals surface area contributed by atoms with Gasteiger partial charge in [-0.05, 0) is 12.5 Å². The van der Waals surface area contributed by atoms with Gasteiger partial charge in [-0.2, -0.15) is 0 Å². The number of amides is 3. The largest absolute Gasteiger partial charge is 0.481 e. The van der Waals surface area contributed by atoms with E-state index in [1.54, 1.807) is 4.90 Å². The molecule has 0 bridgehead atoms. The molecule has 0 saturated carbocycles. The van der Waals surface area contributed by atoms with Crippen molar-refractivity contribution in [1.82, 2.24) is 25.7 Å². The Balaban J connectivity index is 1.32. The van der Waals surface area contributed by atoms with Crippen LogP contribution in [0.5, 0.6) is 0 Å². The number of fused-ring (bicyclic) bond motifs is 1. The van der Waals surface area contributed by atoms with Crippen LogP contribution in [0.4, 0.5) is 4.79 Å². The Morgan fingerprint density at radius 1 is 1.32 bits per heavy atom. The molecule has 164 valence electrons. The topological polar surface area (TPSA) is 125 Å². The molecule has 31 heavy (non-hydrogen) atoms. The zero-order chi connectivity index (χ0) is 22.0. The van der Waals surface area contributed by atoms with Crippen molar-refractivity contribution in [2.45, 2.75) is 29.2 Å². The molecule has 0 radical (unpaired) electrons. The molecule has 2 unspecified atom stereocenters. The van der Waals surface area contributed by atoms with Crippen LogP contribution in [0.3, 0.4) is 0 Å². The summed E-state index contributed by atoms with van der Waals surface area (Å²) in [6, 6.07) is 8.42. The lowest BCUT2D eigenvalue weighted by molar-refractivity contribution is -0.156. The number of aromatic nitrogens is 2. The summed E-state index contributed by atoms with van der Waals surface area (Å²) in [7, 11) is 0. The van der Waals surface area contributed by atoms with Gasteiger partial charge in [-0.3, -0.25) is 9.59 Å². The van der Waals surface area contributed by atoms with Crippen LogP contribution in [0.15, 0.2) is 34.7 Å². The van der Waals surface area contributed by atoms with E-state index < -0.39 is 23.5 Å². The van der Waals surface area contributed by atoms with Gasteiger partial charge in [0.25, 0.3) is 0 Å². The number of hydrogen-bond donors (Lipinski definition) is 3. The van der Waals surface area contributed by atoms with Crippen molar-refractivity contribution >= 4 is 52.8 Å². The van der Waals surface area contributed by atoms with E-state index in [4.69, 9.17) is 0 Å². The highest BCUT2D eigenvalue weighted by atomic mass is 32.2. The van der Waals surface area contributed by atoms with E-state index in [0.717, 1.165) is 14.9 Å². The monoisotopic (exact) mass is 479 g/mol. The third-order valence-electron chi connectivity index (χ3n) is 5.16. The van der Waals surface area contributed by atoms with Crippen molar-refractivity contribution < 1.29 is 19.5 Å². The minimum absolute atomic E-state index is 0.118. The second-order valence-corrected chi connectivity index (χ2v) is 10.9. The van der Waals surface area contributed by atoms with Gasteiger partial charge < -0.3 is 20.6 Å². The minimum Gasteiger partial charge on any atom is -0.481 e. The lowest BCUT2D eigenvalue weighted by atomic mass is 9.89. The summed E-state index contributed by atoms with van der Waals surface area (Å²) in [5.41, 5.74) is -0.109. The number of aliphatic carboxylic acids is 1. The van der Waals surface area contributed by atoms with Gasteiger partial charge in [0.1, 0.15) is 21.8 Å². The summed E-state index contributed by atoms with van der Waals surface area (Å²) in [6.45, 7) is 2.32. The van der Waals surface area contributed by atoms with Crippen LogP contribution in [0.2, 0.25) is 0 Å². The number of carboxylic acid groups (broad SMARTS) is 1. The smallest absolute Gasteiger partial charge is 0.315 e. The highest BCUT2D eigenvalue weighted by Gasteiger charge is 2.57. The average molecular weight is 480 g/mol. The second kappa shape index (κ2) is 9.05. The Morgan fingerprint density at radius 2 is 2.10 bits per heavy atom. The van der Waals surface area contributed by atoms with Crippen molar-refractivity contribution in [3.8, 4) is 0 Å². The Bertz CT molecular complexity index is 988. The molecular weight excluding hydrogens is 458 g/mol. The van der Waals surface area contributed by atoms with Crippen molar-refractivity contribution in [3.63, 3.8) is 0 Å². The summed E-state index contributed by atoms with van der Waals surface area (Å²) in [5.74, 6) is -0.534. The zero-order valence-electron chi connectivity index (χ0n) is 16.6. The maximum Gasteiger partial charge on any atom is 0.315 e. The number of urea groups is 1. The number of nitrogens with zero attached hydrogens (tertiary/aromatic N) is 3. The van der Waals surface area contributed by atoms with Crippen LogP contribution in [0.1, 0.15) is 10.6 Å². The fraction of sp³-hybridized carbons (Fsp3) is 0.421. The normalized spacial score (nSPS) is 24.8. The van der Waals surface area contributed by atoms with Crippen LogP contribution >= 0.6 is 34.9 Å². The lowest BCUT2D eigenvalue weighted by Crippen LogP contribution is -2.74. The van der Waals surface area contributed by atoms with Gasteiger partial charge in [0.2, 0.25) is 5.91 Å². The number of carbonyl (C=O) groups is 3. The molecule has 2 aliphatic heterocycles. The van der Waals surface area contributed by atoms with Crippen LogP contribution < -0.4 is 10.6 Å². The number of rotatable bonds is 7. The van der Waals surface area contributed by atoms with E-state index in [2.05, 4.69) is 20.8 Å². The highest BCUT2D eigenvalue weighted by Crippen LogP contribution is 2.44. The summed E-state index contributed by atoms with van der Waals surface area (Å²) in [6.07, 6.45) is 0. The van der Waals surface area contributed by atoms with Gasteiger partial charge in [-0.25, -0.2) is 4.79 Å². The van der Waals surface area contributed by atoms with Gasteiger partial charge in [0.15, 0.2) is 4.34 Å². The Kier molecular flexibility index (Phi) is 6.39. The van der Waals surface area contributed by atoms with E-state index >= 15 is 0 Å². The molecule has 0 aliphatic carbocycles. The molecule has 1 aromatic carbocycles. The van der Waals surface area contributed by atoms with Crippen LogP contribution in [-0.4, -0.2) is 67.6 Å². The molecule has 1 aromatic heterocycles. The molecule has 0 spiro atoms. The Labute approximate surface area is 191 Å². The number of benzene rings is 1. The molecule has 3 amide bonds. The first kappa shape index (κ1) is 21.9. The Hall–Kier alpha value is -2.31.